The zero-order valence-electron chi connectivity index (χ0n) is 15.4. The molecular formula is C18H34N2O3. The van der Waals surface area contributed by atoms with Crippen molar-refractivity contribution < 1.29 is 14.3 Å². The molecule has 2 saturated heterocycles. The maximum absolute atomic E-state index is 12.1. The number of hydrogen-bond donors (Lipinski definition) is 1. The molecule has 3 unspecified atom stereocenters. The number of ether oxygens (including phenoxy) is 2. The smallest absolute Gasteiger partial charge is 0.410 e. The lowest BCUT2D eigenvalue weighted by Crippen LogP contribution is -2.42. The molecule has 1 N–H and O–H groups in total. The Labute approximate surface area is 141 Å². The first-order chi connectivity index (χ1) is 10.7. The predicted molar refractivity (Wildman–Crippen MR) is 91.6 cm³/mol. The molecule has 5 heteroatoms. The van der Waals surface area contributed by atoms with Gasteiger partial charge in [-0.1, -0.05) is 0 Å². The molecule has 23 heavy (non-hydrogen) atoms. The van der Waals surface area contributed by atoms with Crippen LogP contribution in [0.1, 0.15) is 60.3 Å². The standard InChI is InChI=1S/C18H34N2O3/c1-13-10-16(11-14(2)22-13)19-8-6-15-7-9-20(12-15)17(21)23-18(3,4)5/h13-16,19H,6-12H2,1-5H3. The Hall–Kier alpha value is -0.810. The highest BCUT2D eigenvalue weighted by molar-refractivity contribution is 5.68. The van der Waals surface area contributed by atoms with E-state index in [1.54, 1.807) is 0 Å². The molecule has 5 nitrogen and oxygen atoms in total. The average molecular weight is 326 g/mol. The lowest BCUT2D eigenvalue weighted by Gasteiger charge is -2.33. The quantitative estimate of drug-likeness (QED) is 0.862. The number of likely N-dealkylation sites (tertiary alicyclic amines) is 1. The van der Waals surface area contributed by atoms with Gasteiger partial charge in [-0.3, -0.25) is 0 Å². The van der Waals surface area contributed by atoms with Crippen molar-refractivity contribution in [2.24, 2.45) is 5.92 Å². The monoisotopic (exact) mass is 326 g/mol. The van der Waals surface area contributed by atoms with Gasteiger partial charge in [-0.05, 0) is 72.8 Å². The first kappa shape index (κ1) is 18.5. The van der Waals surface area contributed by atoms with Crippen molar-refractivity contribution >= 4 is 6.09 Å². The minimum Gasteiger partial charge on any atom is -0.444 e. The van der Waals surface area contributed by atoms with Gasteiger partial charge in [-0.15, -0.1) is 0 Å². The summed E-state index contributed by atoms with van der Waals surface area (Å²) in [6.07, 6.45) is 4.94. The zero-order chi connectivity index (χ0) is 17.0. The highest BCUT2D eigenvalue weighted by atomic mass is 16.6. The van der Waals surface area contributed by atoms with Crippen molar-refractivity contribution in [1.82, 2.24) is 10.2 Å². The molecule has 0 aromatic rings. The summed E-state index contributed by atoms with van der Waals surface area (Å²) < 4.78 is 11.2. The number of rotatable bonds is 4. The van der Waals surface area contributed by atoms with Crippen molar-refractivity contribution in [3.05, 3.63) is 0 Å². The van der Waals surface area contributed by atoms with E-state index in [9.17, 15) is 4.79 Å². The van der Waals surface area contributed by atoms with Crippen molar-refractivity contribution in [3.63, 3.8) is 0 Å². The first-order valence-electron chi connectivity index (χ1n) is 9.09. The fourth-order valence-electron chi connectivity index (χ4n) is 3.62. The molecule has 0 aliphatic carbocycles. The molecular weight excluding hydrogens is 292 g/mol. The number of carbonyl (C=O) groups excluding carboxylic acids is 1. The van der Waals surface area contributed by atoms with Gasteiger partial charge in [0.1, 0.15) is 5.60 Å². The molecule has 0 saturated carbocycles. The molecule has 1 amide bonds. The van der Waals surface area contributed by atoms with Crippen LogP contribution in [0.2, 0.25) is 0 Å². The number of nitrogens with one attached hydrogen (secondary N) is 1. The Kier molecular flexibility index (Phi) is 6.32. The van der Waals surface area contributed by atoms with Gasteiger partial charge in [0.25, 0.3) is 0 Å². The minimum absolute atomic E-state index is 0.167. The third-order valence-corrected chi connectivity index (χ3v) is 4.62. The molecule has 2 aliphatic rings. The highest BCUT2D eigenvalue weighted by Gasteiger charge is 2.30. The number of carbonyl (C=O) groups is 1. The van der Waals surface area contributed by atoms with Gasteiger partial charge >= 0.3 is 6.09 Å². The van der Waals surface area contributed by atoms with Crippen molar-refractivity contribution in [2.75, 3.05) is 19.6 Å². The molecule has 0 aromatic carbocycles. The third-order valence-electron chi connectivity index (χ3n) is 4.62. The van der Waals surface area contributed by atoms with Crippen LogP contribution in [0.25, 0.3) is 0 Å². The normalized spacial score (nSPS) is 32.1. The Morgan fingerprint density at radius 1 is 1.26 bits per heavy atom. The highest BCUT2D eigenvalue weighted by Crippen LogP contribution is 2.23. The van der Waals surface area contributed by atoms with Crippen LogP contribution in [0.3, 0.4) is 0 Å². The third kappa shape index (κ3) is 6.30. The molecule has 0 bridgehead atoms. The van der Waals surface area contributed by atoms with Gasteiger partial charge < -0.3 is 19.7 Å². The second kappa shape index (κ2) is 7.84. The Bertz CT molecular complexity index is 384. The Morgan fingerprint density at radius 3 is 2.52 bits per heavy atom. The second-order valence-corrected chi connectivity index (χ2v) is 8.25. The summed E-state index contributed by atoms with van der Waals surface area (Å²) in [7, 11) is 0. The molecule has 134 valence electrons. The van der Waals surface area contributed by atoms with E-state index in [2.05, 4.69) is 19.2 Å². The summed E-state index contributed by atoms with van der Waals surface area (Å²) in [5.41, 5.74) is -0.410. The van der Waals surface area contributed by atoms with Gasteiger partial charge in [0, 0.05) is 19.1 Å². The van der Waals surface area contributed by atoms with E-state index < -0.39 is 5.60 Å². The summed E-state index contributed by atoms with van der Waals surface area (Å²) in [5.74, 6) is 0.588. The number of hydrogen-bond acceptors (Lipinski definition) is 4. The van der Waals surface area contributed by atoms with Gasteiger partial charge in [0.2, 0.25) is 0 Å². The fraction of sp³-hybridized carbons (Fsp3) is 0.944. The van der Waals surface area contributed by atoms with E-state index in [4.69, 9.17) is 9.47 Å². The van der Waals surface area contributed by atoms with Crippen molar-refractivity contribution in [1.29, 1.82) is 0 Å². The van der Waals surface area contributed by atoms with Gasteiger partial charge in [0.15, 0.2) is 0 Å². The lowest BCUT2D eigenvalue weighted by molar-refractivity contribution is -0.0421. The van der Waals surface area contributed by atoms with Crippen LogP contribution in [0.4, 0.5) is 4.79 Å². The van der Waals surface area contributed by atoms with E-state index in [1.165, 1.54) is 0 Å². The lowest BCUT2D eigenvalue weighted by atomic mass is 9.99. The van der Waals surface area contributed by atoms with Crippen LogP contribution < -0.4 is 5.32 Å². The first-order valence-corrected chi connectivity index (χ1v) is 9.09. The molecule has 0 spiro atoms. The van der Waals surface area contributed by atoms with E-state index >= 15 is 0 Å². The predicted octanol–water partition coefficient (Wildman–Crippen LogP) is 3.18. The van der Waals surface area contributed by atoms with Gasteiger partial charge in [-0.2, -0.15) is 0 Å². The minimum atomic E-state index is -0.410. The average Bonchev–Trinajstić information content (AvgIpc) is 2.84. The van der Waals surface area contributed by atoms with Crippen LogP contribution in [-0.2, 0) is 9.47 Å². The number of amides is 1. The fourth-order valence-corrected chi connectivity index (χ4v) is 3.62. The van der Waals surface area contributed by atoms with Crippen LogP contribution in [0.15, 0.2) is 0 Å². The molecule has 2 aliphatic heterocycles. The van der Waals surface area contributed by atoms with Crippen LogP contribution in [0, 0.1) is 5.92 Å². The summed E-state index contributed by atoms with van der Waals surface area (Å²) >= 11 is 0. The second-order valence-electron chi connectivity index (χ2n) is 8.25. The van der Waals surface area contributed by atoms with E-state index in [0.29, 0.717) is 24.2 Å². The zero-order valence-corrected chi connectivity index (χ0v) is 15.4. The summed E-state index contributed by atoms with van der Waals surface area (Å²) in [4.78, 5) is 13.9. The van der Waals surface area contributed by atoms with E-state index in [-0.39, 0.29) is 6.09 Å². The summed E-state index contributed by atoms with van der Waals surface area (Å²) in [6.45, 7) is 12.7. The van der Waals surface area contributed by atoms with Crippen molar-refractivity contribution in [3.8, 4) is 0 Å². The maximum Gasteiger partial charge on any atom is 0.410 e. The van der Waals surface area contributed by atoms with Crippen LogP contribution in [-0.4, -0.2) is 54.5 Å². The van der Waals surface area contributed by atoms with Crippen LogP contribution >= 0.6 is 0 Å². The SMILES string of the molecule is CC1CC(NCCC2CCN(C(=O)OC(C)(C)C)C2)CC(C)O1. The van der Waals surface area contributed by atoms with E-state index in [0.717, 1.165) is 45.3 Å². The summed E-state index contributed by atoms with van der Waals surface area (Å²) in [5, 5.41) is 3.68. The molecule has 2 heterocycles. The van der Waals surface area contributed by atoms with Gasteiger partial charge in [-0.25, -0.2) is 4.79 Å². The molecule has 2 rings (SSSR count). The largest absolute Gasteiger partial charge is 0.444 e. The maximum atomic E-state index is 12.1. The molecule has 0 aromatic heterocycles. The molecule has 0 radical (unpaired) electrons. The summed E-state index contributed by atoms with van der Waals surface area (Å²) in [6, 6.07) is 0.567. The van der Waals surface area contributed by atoms with Crippen LogP contribution in [0.5, 0.6) is 0 Å². The molecule has 3 atom stereocenters. The Morgan fingerprint density at radius 2 is 1.91 bits per heavy atom. The molecule has 2 fully saturated rings. The van der Waals surface area contributed by atoms with Gasteiger partial charge in [0.05, 0.1) is 12.2 Å². The topological polar surface area (TPSA) is 50.8 Å². The van der Waals surface area contributed by atoms with E-state index in [1.807, 2.05) is 25.7 Å². The van der Waals surface area contributed by atoms with Crippen molar-refractivity contribution in [2.45, 2.75) is 84.2 Å². The Balaban J connectivity index is 1.65. The number of nitrogens with zero attached hydrogens (tertiary/aromatic N) is 1.